The van der Waals surface area contributed by atoms with E-state index in [1.54, 1.807) is 12.2 Å². The molecule has 118 valence electrons. The van der Waals surface area contributed by atoms with Gasteiger partial charge >= 0.3 is 0 Å². The van der Waals surface area contributed by atoms with Crippen LogP contribution in [0.3, 0.4) is 0 Å². The number of piperidine rings is 1. The lowest BCUT2D eigenvalue weighted by molar-refractivity contribution is 0.104. The van der Waals surface area contributed by atoms with E-state index in [-0.39, 0.29) is 5.78 Å². The molecule has 0 N–H and O–H groups in total. The van der Waals surface area contributed by atoms with Crippen molar-refractivity contribution < 1.29 is 4.79 Å². The molecule has 0 atom stereocenters. The molecule has 0 amide bonds. The molecular weight excluding hydrogens is 306 g/mol. The molecule has 1 aliphatic heterocycles. The van der Waals surface area contributed by atoms with Crippen LogP contribution in [0.2, 0.25) is 5.02 Å². The zero-order valence-electron chi connectivity index (χ0n) is 13.0. The highest BCUT2D eigenvalue weighted by atomic mass is 35.5. The standard InChI is InChI=1S/C20H20ClNO/c21-19-7-3-2-6-16(19)10-13-20(23)17-8-11-18(12-9-17)22-14-4-1-5-15-22/h2-3,6-13H,1,4-5,14-15H2/b13-10+. The summed E-state index contributed by atoms with van der Waals surface area (Å²) in [5, 5.41) is 0.650. The predicted molar refractivity (Wildman–Crippen MR) is 97.3 cm³/mol. The van der Waals surface area contributed by atoms with Crippen LogP contribution < -0.4 is 4.90 Å². The zero-order chi connectivity index (χ0) is 16.1. The summed E-state index contributed by atoms with van der Waals surface area (Å²) in [6.45, 7) is 2.22. The minimum atomic E-state index is -0.00452. The molecule has 1 fully saturated rings. The quantitative estimate of drug-likeness (QED) is 0.567. The first kappa shape index (κ1) is 15.8. The van der Waals surface area contributed by atoms with E-state index in [0.29, 0.717) is 10.6 Å². The summed E-state index contributed by atoms with van der Waals surface area (Å²) in [6.07, 6.45) is 7.17. The second kappa shape index (κ2) is 7.47. The van der Waals surface area contributed by atoms with Gasteiger partial charge in [-0.3, -0.25) is 4.79 Å². The van der Waals surface area contributed by atoms with Crippen LogP contribution in [0, 0.1) is 0 Å². The minimum Gasteiger partial charge on any atom is -0.372 e. The van der Waals surface area contributed by atoms with Gasteiger partial charge in [-0.05, 0) is 67.3 Å². The van der Waals surface area contributed by atoms with Crippen molar-refractivity contribution in [2.45, 2.75) is 19.3 Å². The van der Waals surface area contributed by atoms with E-state index in [1.807, 2.05) is 48.5 Å². The molecule has 0 bridgehead atoms. The van der Waals surface area contributed by atoms with Gasteiger partial charge in [0.2, 0.25) is 0 Å². The SMILES string of the molecule is O=C(/C=C/c1ccccc1Cl)c1ccc(N2CCCCC2)cc1. The van der Waals surface area contributed by atoms with Crippen LogP contribution in [0.4, 0.5) is 5.69 Å². The second-order valence-electron chi connectivity index (χ2n) is 5.81. The summed E-state index contributed by atoms with van der Waals surface area (Å²) >= 11 is 6.09. The Balaban J connectivity index is 1.69. The molecule has 23 heavy (non-hydrogen) atoms. The largest absolute Gasteiger partial charge is 0.372 e. The third kappa shape index (κ3) is 4.02. The van der Waals surface area contributed by atoms with Gasteiger partial charge in [-0.25, -0.2) is 0 Å². The zero-order valence-corrected chi connectivity index (χ0v) is 13.8. The van der Waals surface area contributed by atoms with Crippen molar-refractivity contribution in [1.29, 1.82) is 0 Å². The number of rotatable bonds is 4. The van der Waals surface area contributed by atoms with Gasteiger partial charge in [0.25, 0.3) is 0 Å². The van der Waals surface area contributed by atoms with Gasteiger partial charge in [0, 0.05) is 29.4 Å². The van der Waals surface area contributed by atoms with Gasteiger partial charge in [0.1, 0.15) is 0 Å². The average molecular weight is 326 g/mol. The molecule has 3 rings (SSSR count). The third-order valence-electron chi connectivity index (χ3n) is 4.19. The topological polar surface area (TPSA) is 20.3 Å². The van der Waals surface area contributed by atoms with E-state index in [2.05, 4.69) is 4.90 Å². The summed E-state index contributed by atoms with van der Waals surface area (Å²) in [4.78, 5) is 14.7. The number of anilines is 1. The number of carbonyl (C=O) groups is 1. The summed E-state index contributed by atoms with van der Waals surface area (Å²) in [5.74, 6) is -0.00452. The fourth-order valence-corrected chi connectivity index (χ4v) is 3.06. The van der Waals surface area contributed by atoms with Crippen LogP contribution in [-0.2, 0) is 0 Å². The number of nitrogens with zero attached hydrogens (tertiary/aromatic N) is 1. The van der Waals surface area contributed by atoms with Crippen molar-refractivity contribution >= 4 is 29.1 Å². The lowest BCUT2D eigenvalue weighted by atomic mass is 10.1. The monoisotopic (exact) mass is 325 g/mol. The van der Waals surface area contributed by atoms with E-state index in [0.717, 1.165) is 18.7 Å². The number of hydrogen-bond donors (Lipinski definition) is 0. The summed E-state index contributed by atoms with van der Waals surface area (Å²) in [5.41, 5.74) is 2.76. The predicted octanol–water partition coefficient (Wildman–Crippen LogP) is 5.23. The van der Waals surface area contributed by atoms with Gasteiger partial charge in [0.15, 0.2) is 5.78 Å². The van der Waals surface area contributed by atoms with Gasteiger partial charge in [-0.15, -0.1) is 0 Å². The van der Waals surface area contributed by atoms with Crippen molar-refractivity contribution in [2.24, 2.45) is 0 Å². The van der Waals surface area contributed by atoms with E-state index < -0.39 is 0 Å². The van der Waals surface area contributed by atoms with Crippen LogP contribution >= 0.6 is 11.6 Å². The Bertz CT molecular complexity index is 700. The van der Waals surface area contributed by atoms with Gasteiger partial charge < -0.3 is 4.90 Å². The Kier molecular flexibility index (Phi) is 5.14. The number of carbonyl (C=O) groups excluding carboxylic acids is 1. The molecule has 1 saturated heterocycles. The Hall–Kier alpha value is -2.06. The first-order valence-electron chi connectivity index (χ1n) is 8.06. The molecule has 0 aromatic heterocycles. The number of hydrogen-bond acceptors (Lipinski definition) is 2. The molecule has 2 aromatic carbocycles. The van der Waals surface area contributed by atoms with E-state index in [9.17, 15) is 4.79 Å². The van der Waals surface area contributed by atoms with Crippen molar-refractivity contribution in [2.75, 3.05) is 18.0 Å². The highest BCUT2D eigenvalue weighted by Crippen LogP contribution is 2.21. The van der Waals surface area contributed by atoms with Crippen molar-refractivity contribution in [1.82, 2.24) is 0 Å². The Morgan fingerprint density at radius 1 is 0.957 bits per heavy atom. The molecule has 0 spiro atoms. The summed E-state index contributed by atoms with van der Waals surface area (Å²) < 4.78 is 0. The van der Waals surface area contributed by atoms with Gasteiger partial charge in [0.05, 0.1) is 0 Å². The maximum Gasteiger partial charge on any atom is 0.185 e. The fourth-order valence-electron chi connectivity index (χ4n) is 2.86. The third-order valence-corrected chi connectivity index (χ3v) is 4.54. The maximum absolute atomic E-state index is 12.3. The van der Waals surface area contributed by atoms with E-state index >= 15 is 0 Å². The molecule has 2 aromatic rings. The van der Waals surface area contributed by atoms with Crippen LogP contribution in [-0.4, -0.2) is 18.9 Å². The fraction of sp³-hybridized carbons (Fsp3) is 0.250. The number of benzene rings is 2. The Morgan fingerprint density at radius 3 is 2.35 bits per heavy atom. The molecule has 0 radical (unpaired) electrons. The highest BCUT2D eigenvalue weighted by Gasteiger charge is 2.11. The number of ketones is 1. The molecule has 1 heterocycles. The first-order chi connectivity index (χ1) is 11.2. The lowest BCUT2D eigenvalue weighted by Gasteiger charge is -2.28. The number of allylic oxidation sites excluding steroid dienone is 1. The van der Waals surface area contributed by atoms with Crippen LogP contribution in [0.1, 0.15) is 35.2 Å². The molecule has 0 aliphatic carbocycles. The highest BCUT2D eigenvalue weighted by molar-refractivity contribution is 6.32. The molecule has 0 unspecified atom stereocenters. The average Bonchev–Trinajstić information content (AvgIpc) is 2.62. The molecular formula is C20H20ClNO. The van der Waals surface area contributed by atoms with E-state index in [4.69, 9.17) is 11.6 Å². The molecule has 1 aliphatic rings. The minimum absolute atomic E-state index is 0.00452. The molecule has 0 saturated carbocycles. The van der Waals surface area contributed by atoms with E-state index in [1.165, 1.54) is 24.9 Å². The van der Waals surface area contributed by atoms with Crippen molar-refractivity contribution in [3.8, 4) is 0 Å². The normalized spacial score (nSPS) is 15.1. The molecule has 2 nitrogen and oxygen atoms in total. The number of halogens is 1. The van der Waals surface area contributed by atoms with Crippen LogP contribution in [0.15, 0.2) is 54.6 Å². The Labute approximate surface area is 142 Å². The maximum atomic E-state index is 12.3. The first-order valence-corrected chi connectivity index (χ1v) is 8.44. The van der Waals surface area contributed by atoms with Gasteiger partial charge in [-0.2, -0.15) is 0 Å². The van der Waals surface area contributed by atoms with Crippen molar-refractivity contribution in [3.05, 3.63) is 70.8 Å². The van der Waals surface area contributed by atoms with Gasteiger partial charge in [-0.1, -0.05) is 29.8 Å². The smallest absolute Gasteiger partial charge is 0.185 e. The van der Waals surface area contributed by atoms with Crippen molar-refractivity contribution in [3.63, 3.8) is 0 Å². The van der Waals surface area contributed by atoms with Crippen LogP contribution in [0.5, 0.6) is 0 Å². The van der Waals surface area contributed by atoms with Crippen LogP contribution in [0.25, 0.3) is 6.08 Å². The summed E-state index contributed by atoms with van der Waals surface area (Å²) in [7, 11) is 0. The lowest BCUT2D eigenvalue weighted by Crippen LogP contribution is -2.29. The summed E-state index contributed by atoms with van der Waals surface area (Å²) in [6, 6.07) is 15.4. The second-order valence-corrected chi connectivity index (χ2v) is 6.22. The Morgan fingerprint density at radius 2 is 1.65 bits per heavy atom. The molecule has 3 heteroatoms.